The van der Waals surface area contributed by atoms with Crippen molar-refractivity contribution in [3.8, 4) is 11.5 Å². The summed E-state index contributed by atoms with van der Waals surface area (Å²) >= 11 is 11.1. The Kier molecular flexibility index (Phi) is 7.13. The second-order valence-electron chi connectivity index (χ2n) is 8.93. The Bertz CT molecular complexity index is 1450. The molecule has 1 aliphatic carbocycles. The fraction of sp³-hybridized carbons (Fsp3) is 0.231. The number of nitrogens with one attached hydrogen (secondary N) is 1. The summed E-state index contributed by atoms with van der Waals surface area (Å²) in [7, 11) is 0. The summed E-state index contributed by atoms with van der Waals surface area (Å²) in [5.74, 6) is 0.619. The number of pyridine rings is 1. The number of anilines is 1. The van der Waals surface area contributed by atoms with Gasteiger partial charge in [0.15, 0.2) is 5.82 Å². The van der Waals surface area contributed by atoms with Crippen LogP contribution in [0.5, 0.6) is 0 Å². The second-order valence-corrected chi connectivity index (χ2v) is 11.0. The van der Waals surface area contributed by atoms with Crippen LogP contribution in [0.1, 0.15) is 47.5 Å². The fourth-order valence-electron chi connectivity index (χ4n) is 4.25. The Labute approximate surface area is 225 Å². The van der Waals surface area contributed by atoms with E-state index in [-0.39, 0.29) is 12.3 Å². The molecule has 2 unspecified atom stereocenters. The predicted molar refractivity (Wildman–Crippen MR) is 140 cm³/mol. The average Bonchev–Trinajstić information content (AvgIpc) is 3.50. The number of carbonyl (C=O) groups excluding carboxylic acids is 1. The van der Waals surface area contributed by atoms with Gasteiger partial charge in [-0.15, -0.1) is 0 Å². The average molecular weight is 556 g/mol. The summed E-state index contributed by atoms with van der Waals surface area (Å²) < 4.78 is 27.8. The summed E-state index contributed by atoms with van der Waals surface area (Å²) in [6, 6.07) is 13.8. The van der Waals surface area contributed by atoms with Crippen molar-refractivity contribution in [2.75, 3.05) is 5.32 Å². The predicted octanol–water partition coefficient (Wildman–Crippen LogP) is 5.64. The minimum absolute atomic E-state index is 0.107. The van der Waals surface area contributed by atoms with Gasteiger partial charge >= 0.3 is 0 Å². The van der Waals surface area contributed by atoms with Crippen LogP contribution >= 0.6 is 23.2 Å². The molecule has 4 aromatic rings. The van der Waals surface area contributed by atoms with E-state index in [4.69, 9.17) is 27.7 Å². The zero-order valence-corrected chi connectivity index (χ0v) is 21.9. The Morgan fingerprint density at radius 1 is 1.19 bits per heavy atom. The zero-order chi connectivity index (χ0) is 26.2. The van der Waals surface area contributed by atoms with Crippen LogP contribution in [0.4, 0.5) is 5.69 Å². The maximum atomic E-state index is 12.7. The molecular weight excluding hydrogens is 535 g/mol. The minimum Gasteiger partial charge on any atom is -0.772 e. The molecule has 0 aliphatic heterocycles. The number of hydrogen-bond acceptors (Lipinski definition) is 7. The maximum absolute atomic E-state index is 12.7. The summed E-state index contributed by atoms with van der Waals surface area (Å²) in [4.78, 5) is 21.3. The number of halogens is 2. The van der Waals surface area contributed by atoms with E-state index in [1.54, 1.807) is 61.8 Å². The van der Waals surface area contributed by atoms with Gasteiger partial charge in [0, 0.05) is 38.9 Å². The molecule has 1 saturated carbocycles. The molecule has 1 aliphatic rings. The number of benzene rings is 2. The third-order valence-electron chi connectivity index (χ3n) is 6.42. The molecule has 1 fully saturated rings. The van der Waals surface area contributed by atoms with Crippen LogP contribution in [-0.2, 0) is 27.7 Å². The van der Waals surface area contributed by atoms with Crippen LogP contribution < -0.4 is 5.32 Å². The van der Waals surface area contributed by atoms with Gasteiger partial charge in [-0.2, -0.15) is 4.98 Å². The van der Waals surface area contributed by atoms with Crippen molar-refractivity contribution in [3.63, 3.8) is 0 Å². The Balaban J connectivity index is 1.31. The highest BCUT2D eigenvalue weighted by Crippen LogP contribution is 2.57. The van der Waals surface area contributed by atoms with E-state index in [2.05, 4.69) is 20.4 Å². The lowest BCUT2D eigenvalue weighted by Gasteiger charge is -2.17. The van der Waals surface area contributed by atoms with E-state index in [1.807, 2.05) is 6.07 Å². The van der Waals surface area contributed by atoms with Gasteiger partial charge in [-0.3, -0.25) is 14.0 Å². The highest BCUT2D eigenvalue weighted by molar-refractivity contribution is 7.79. The molecular formula is C26H21Cl2N4O4S-. The fourth-order valence-corrected chi connectivity index (χ4v) is 5.47. The van der Waals surface area contributed by atoms with Gasteiger partial charge in [0.05, 0.1) is 17.4 Å². The molecule has 2 aromatic heterocycles. The first kappa shape index (κ1) is 25.5. The van der Waals surface area contributed by atoms with E-state index in [9.17, 15) is 13.6 Å². The highest BCUT2D eigenvalue weighted by Gasteiger charge is 2.52. The molecule has 8 nitrogen and oxygen atoms in total. The number of rotatable bonds is 8. The highest BCUT2D eigenvalue weighted by atomic mass is 35.5. The molecule has 0 saturated heterocycles. The summed E-state index contributed by atoms with van der Waals surface area (Å²) in [5, 5.41) is 7.21. The van der Waals surface area contributed by atoms with Crippen molar-refractivity contribution in [2.45, 2.75) is 36.9 Å². The molecule has 2 atom stereocenters. The Morgan fingerprint density at radius 2 is 1.89 bits per heavy atom. The second kappa shape index (κ2) is 10.3. The number of hydrogen-bond donors (Lipinski definition) is 1. The van der Waals surface area contributed by atoms with Crippen molar-refractivity contribution in [1.82, 2.24) is 15.1 Å². The first-order chi connectivity index (χ1) is 17.8. The van der Waals surface area contributed by atoms with Gasteiger partial charge < -0.3 is 14.4 Å². The first-order valence-electron chi connectivity index (χ1n) is 11.5. The third kappa shape index (κ3) is 5.31. The van der Waals surface area contributed by atoms with Gasteiger partial charge in [-0.1, -0.05) is 52.6 Å². The molecule has 1 N–H and O–H groups in total. The third-order valence-corrected chi connectivity index (χ3v) is 7.87. The Hall–Kier alpha value is -3.11. The van der Waals surface area contributed by atoms with E-state index >= 15 is 0 Å². The molecule has 0 spiro atoms. The normalized spacial score (nSPS) is 15.7. The first-order valence-corrected chi connectivity index (χ1v) is 13.4. The van der Waals surface area contributed by atoms with Gasteiger partial charge in [-0.05, 0) is 66.2 Å². The summed E-state index contributed by atoms with van der Waals surface area (Å²) in [6.45, 7) is 1.60. The van der Waals surface area contributed by atoms with E-state index in [1.165, 1.54) is 0 Å². The molecule has 2 heterocycles. The van der Waals surface area contributed by atoms with Crippen LogP contribution in [0.25, 0.3) is 11.5 Å². The van der Waals surface area contributed by atoms with Crippen molar-refractivity contribution in [2.24, 2.45) is 0 Å². The van der Waals surface area contributed by atoms with Crippen molar-refractivity contribution in [3.05, 3.63) is 93.5 Å². The molecule has 0 bridgehead atoms. The van der Waals surface area contributed by atoms with Gasteiger partial charge in [0.2, 0.25) is 5.91 Å². The molecule has 190 valence electrons. The zero-order valence-electron chi connectivity index (χ0n) is 19.6. The van der Waals surface area contributed by atoms with Crippen molar-refractivity contribution >= 4 is 45.9 Å². The van der Waals surface area contributed by atoms with Crippen LogP contribution in [-0.4, -0.2) is 29.8 Å². The lowest BCUT2D eigenvalue weighted by molar-refractivity contribution is -0.115. The Morgan fingerprint density at radius 3 is 2.49 bits per heavy atom. The monoisotopic (exact) mass is 555 g/mol. The summed E-state index contributed by atoms with van der Waals surface area (Å²) in [6.07, 6.45) is 4.95. The van der Waals surface area contributed by atoms with Gasteiger partial charge in [-0.25, -0.2) is 0 Å². The van der Waals surface area contributed by atoms with Crippen LogP contribution in [0.3, 0.4) is 0 Å². The van der Waals surface area contributed by atoms with Crippen LogP contribution in [0, 0.1) is 0 Å². The largest absolute Gasteiger partial charge is 0.772 e. The van der Waals surface area contributed by atoms with Crippen molar-refractivity contribution in [1.29, 1.82) is 0 Å². The quantitative estimate of drug-likeness (QED) is 0.279. The molecule has 2 aromatic carbocycles. The van der Waals surface area contributed by atoms with Gasteiger partial charge in [0.1, 0.15) is 0 Å². The molecule has 11 heteroatoms. The summed E-state index contributed by atoms with van der Waals surface area (Å²) in [5.41, 5.74) is 2.75. The number of amides is 1. The van der Waals surface area contributed by atoms with E-state index in [0.717, 1.165) is 24.0 Å². The number of nitrogens with zero attached hydrogens (tertiary/aromatic N) is 3. The lowest BCUT2D eigenvalue weighted by atomic mass is 9.94. The molecule has 5 rings (SSSR count). The number of carbonyl (C=O) groups is 1. The van der Waals surface area contributed by atoms with E-state index < -0.39 is 21.7 Å². The van der Waals surface area contributed by atoms with E-state index in [0.29, 0.717) is 38.6 Å². The lowest BCUT2D eigenvalue weighted by Crippen LogP contribution is -2.16. The standard InChI is InChI=1S/C26H22Cl2N4O4S/c1-15(37(34)35)17-6-4-16(5-7-17)11-22(33)30-19-12-20(27)23(21(28)13-19)26(8-9-26)25-31-24(36-32-25)18-3-2-10-29-14-18/h2-7,10,12-15H,8-9,11H2,1H3,(H,30,33)(H,34,35)/p-1. The smallest absolute Gasteiger partial charge is 0.259 e. The SMILES string of the molecule is CC(c1ccc(CC(=O)Nc2cc(Cl)c(C3(c4noc(-c5cccnc5)n4)CC3)c(Cl)c2)cc1)S(=O)[O-]. The van der Waals surface area contributed by atoms with Gasteiger partial charge in [0.25, 0.3) is 5.89 Å². The minimum atomic E-state index is -2.20. The topological polar surface area (TPSA) is 121 Å². The molecule has 1 amide bonds. The maximum Gasteiger partial charge on any atom is 0.259 e. The number of aromatic nitrogens is 3. The van der Waals surface area contributed by atoms with Crippen molar-refractivity contribution < 1.29 is 18.1 Å². The molecule has 0 radical (unpaired) electrons. The van der Waals surface area contributed by atoms with Crippen LogP contribution in [0.2, 0.25) is 10.0 Å². The van der Waals surface area contributed by atoms with Crippen LogP contribution in [0.15, 0.2) is 65.4 Å². The molecule has 37 heavy (non-hydrogen) atoms.